The maximum atomic E-state index is 13.6. The summed E-state index contributed by atoms with van der Waals surface area (Å²) in [5.41, 5.74) is 1.58. The third-order valence-corrected chi connectivity index (χ3v) is 3.80. The Labute approximate surface area is 170 Å². The van der Waals surface area contributed by atoms with Gasteiger partial charge < -0.3 is 15.4 Å². The van der Waals surface area contributed by atoms with Crippen molar-refractivity contribution in [2.24, 2.45) is 4.99 Å². The Kier molecular flexibility index (Phi) is 9.93. The average molecular weight is 475 g/mol. The summed E-state index contributed by atoms with van der Waals surface area (Å²) in [7, 11) is 3.33. The number of rotatable bonds is 7. The van der Waals surface area contributed by atoms with E-state index in [1.807, 2.05) is 24.3 Å². The summed E-state index contributed by atoms with van der Waals surface area (Å²) in [5, 5.41) is 6.33. The van der Waals surface area contributed by atoms with Crippen molar-refractivity contribution >= 4 is 29.9 Å². The summed E-state index contributed by atoms with van der Waals surface area (Å²) in [6.45, 7) is 1.18. The summed E-state index contributed by atoms with van der Waals surface area (Å²) in [6.07, 6.45) is 1.23. The molecule has 0 aliphatic rings. The van der Waals surface area contributed by atoms with Gasteiger partial charge in [-0.1, -0.05) is 24.3 Å². The van der Waals surface area contributed by atoms with Gasteiger partial charge in [0, 0.05) is 26.2 Å². The van der Waals surface area contributed by atoms with E-state index in [0.29, 0.717) is 31.0 Å². The number of nitrogens with one attached hydrogen (secondary N) is 2. The van der Waals surface area contributed by atoms with Crippen LogP contribution in [0.15, 0.2) is 47.5 Å². The Balaban J connectivity index is 0.00000338. The van der Waals surface area contributed by atoms with Gasteiger partial charge in [-0.05, 0) is 36.1 Å². The van der Waals surface area contributed by atoms with Crippen LogP contribution in [0, 0.1) is 11.6 Å². The van der Waals surface area contributed by atoms with E-state index >= 15 is 0 Å². The number of hydrogen-bond acceptors (Lipinski definition) is 2. The molecule has 26 heavy (non-hydrogen) atoms. The largest absolute Gasteiger partial charge is 0.496 e. The van der Waals surface area contributed by atoms with Crippen molar-refractivity contribution in [2.45, 2.75) is 12.8 Å². The topological polar surface area (TPSA) is 45.7 Å². The third kappa shape index (κ3) is 6.78. The van der Waals surface area contributed by atoms with Crippen LogP contribution in [0.4, 0.5) is 8.78 Å². The van der Waals surface area contributed by atoms with Gasteiger partial charge in [0.2, 0.25) is 0 Å². The molecule has 142 valence electrons. The van der Waals surface area contributed by atoms with Gasteiger partial charge in [0.15, 0.2) is 5.96 Å². The zero-order valence-electron chi connectivity index (χ0n) is 14.9. The summed E-state index contributed by atoms with van der Waals surface area (Å²) >= 11 is 0. The zero-order valence-corrected chi connectivity index (χ0v) is 17.2. The first-order valence-electron chi connectivity index (χ1n) is 8.14. The van der Waals surface area contributed by atoms with Crippen LogP contribution in [-0.4, -0.2) is 33.2 Å². The number of guanidine groups is 1. The van der Waals surface area contributed by atoms with E-state index in [4.69, 9.17) is 4.74 Å². The first-order valence-corrected chi connectivity index (χ1v) is 8.14. The predicted octanol–water partition coefficient (Wildman–Crippen LogP) is 3.54. The highest BCUT2D eigenvalue weighted by Crippen LogP contribution is 2.17. The minimum atomic E-state index is -0.567. The van der Waals surface area contributed by atoms with Crippen molar-refractivity contribution in [1.29, 1.82) is 0 Å². The van der Waals surface area contributed by atoms with E-state index in [2.05, 4.69) is 15.6 Å². The van der Waals surface area contributed by atoms with E-state index in [1.165, 1.54) is 12.1 Å². The summed E-state index contributed by atoms with van der Waals surface area (Å²) in [6, 6.07) is 11.5. The summed E-state index contributed by atoms with van der Waals surface area (Å²) in [4.78, 5) is 4.14. The number of halogens is 3. The first kappa shape index (κ1) is 22.1. The van der Waals surface area contributed by atoms with E-state index < -0.39 is 11.6 Å². The van der Waals surface area contributed by atoms with Gasteiger partial charge in [-0.2, -0.15) is 0 Å². The molecule has 0 saturated heterocycles. The third-order valence-electron chi connectivity index (χ3n) is 3.80. The Hall–Kier alpha value is -1.90. The van der Waals surface area contributed by atoms with Crippen molar-refractivity contribution in [3.8, 4) is 5.75 Å². The molecule has 2 N–H and O–H groups in total. The van der Waals surface area contributed by atoms with E-state index in [0.717, 1.165) is 23.8 Å². The number of para-hydroxylation sites is 1. The van der Waals surface area contributed by atoms with E-state index in [-0.39, 0.29) is 24.0 Å². The monoisotopic (exact) mass is 475 g/mol. The highest BCUT2D eigenvalue weighted by atomic mass is 127. The van der Waals surface area contributed by atoms with Crippen molar-refractivity contribution < 1.29 is 13.5 Å². The molecule has 4 nitrogen and oxygen atoms in total. The molecule has 0 heterocycles. The smallest absolute Gasteiger partial charge is 0.190 e. The molecule has 0 saturated carbocycles. The van der Waals surface area contributed by atoms with Crippen LogP contribution in [0.2, 0.25) is 0 Å². The minimum absolute atomic E-state index is 0. The van der Waals surface area contributed by atoms with Gasteiger partial charge in [-0.25, -0.2) is 8.78 Å². The molecular weight excluding hydrogens is 451 g/mol. The number of methoxy groups -OCH3 is 1. The maximum absolute atomic E-state index is 13.6. The number of aliphatic imine (C=N–C) groups is 1. The molecule has 2 aromatic carbocycles. The Morgan fingerprint density at radius 2 is 1.65 bits per heavy atom. The molecule has 0 bridgehead atoms. The summed E-state index contributed by atoms with van der Waals surface area (Å²) in [5.74, 6) is 0.403. The lowest BCUT2D eigenvalue weighted by Gasteiger charge is -2.13. The number of hydrogen-bond donors (Lipinski definition) is 2. The van der Waals surface area contributed by atoms with Gasteiger partial charge in [0.05, 0.1) is 7.11 Å². The molecule has 2 aromatic rings. The Bertz CT molecular complexity index is 726. The summed E-state index contributed by atoms with van der Waals surface area (Å²) < 4.78 is 31.8. The highest BCUT2D eigenvalue weighted by Gasteiger charge is 2.05. The zero-order chi connectivity index (χ0) is 18.1. The predicted molar refractivity (Wildman–Crippen MR) is 112 cm³/mol. The van der Waals surface area contributed by atoms with Crippen LogP contribution in [0.5, 0.6) is 5.75 Å². The van der Waals surface area contributed by atoms with Crippen molar-refractivity contribution in [3.05, 3.63) is 65.2 Å². The van der Waals surface area contributed by atoms with Crippen LogP contribution in [-0.2, 0) is 12.8 Å². The molecule has 0 aromatic heterocycles. The fourth-order valence-corrected chi connectivity index (χ4v) is 2.49. The lowest BCUT2D eigenvalue weighted by atomic mass is 10.1. The van der Waals surface area contributed by atoms with E-state index in [9.17, 15) is 8.78 Å². The quantitative estimate of drug-likeness (QED) is 0.366. The SMILES string of the molecule is CN=C(NCCc1ccc(F)cc1F)NCCc1ccccc1OC.I. The molecule has 0 radical (unpaired) electrons. The molecule has 0 fully saturated rings. The Morgan fingerprint density at radius 3 is 2.27 bits per heavy atom. The van der Waals surface area contributed by atoms with Gasteiger partial charge in [-0.15, -0.1) is 24.0 Å². The molecule has 0 atom stereocenters. The molecule has 0 aliphatic carbocycles. The van der Waals surface area contributed by atoms with Gasteiger partial charge in [0.1, 0.15) is 17.4 Å². The molecule has 2 rings (SSSR count). The molecular formula is C19H24F2IN3O. The van der Waals surface area contributed by atoms with Crippen LogP contribution in [0.3, 0.4) is 0 Å². The van der Waals surface area contributed by atoms with Crippen LogP contribution in [0.25, 0.3) is 0 Å². The second kappa shape index (κ2) is 11.7. The standard InChI is InChI=1S/C19H23F2N3O.HI/c1-22-19(23-11-9-14-7-8-16(20)13-17(14)21)24-12-10-15-5-3-4-6-18(15)25-2;/h3-8,13H,9-12H2,1-2H3,(H2,22,23,24);1H. The lowest BCUT2D eigenvalue weighted by molar-refractivity contribution is 0.409. The van der Waals surface area contributed by atoms with Crippen molar-refractivity contribution in [3.63, 3.8) is 0 Å². The number of ether oxygens (including phenoxy) is 1. The second-order valence-corrected chi connectivity index (χ2v) is 5.47. The minimum Gasteiger partial charge on any atom is -0.496 e. The van der Waals surface area contributed by atoms with Gasteiger partial charge in [-0.3, -0.25) is 4.99 Å². The van der Waals surface area contributed by atoms with Crippen LogP contribution in [0.1, 0.15) is 11.1 Å². The molecule has 0 unspecified atom stereocenters. The normalized spacial score (nSPS) is 10.8. The highest BCUT2D eigenvalue weighted by molar-refractivity contribution is 14.0. The van der Waals surface area contributed by atoms with Crippen molar-refractivity contribution in [1.82, 2.24) is 10.6 Å². The second-order valence-electron chi connectivity index (χ2n) is 5.47. The molecule has 7 heteroatoms. The fraction of sp³-hybridized carbons (Fsp3) is 0.316. The maximum Gasteiger partial charge on any atom is 0.190 e. The Morgan fingerprint density at radius 1 is 1.00 bits per heavy atom. The number of benzene rings is 2. The molecule has 0 spiro atoms. The number of nitrogens with zero attached hydrogens (tertiary/aromatic N) is 1. The fourth-order valence-electron chi connectivity index (χ4n) is 2.49. The molecule has 0 aliphatic heterocycles. The first-order chi connectivity index (χ1) is 12.1. The van der Waals surface area contributed by atoms with Crippen LogP contribution >= 0.6 is 24.0 Å². The van der Waals surface area contributed by atoms with Crippen LogP contribution < -0.4 is 15.4 Å². The van der Waals surface area contributed by atoms with Gasteiger partial charge >= 0.3 is 0 Å². The molecule has 0 amide bonds. The average Bonchev–Trinajstić information content (AvgIpc) is 2.62. The lowest BCUT2D eigenvalue weighted by Crippen LogP contribution is -2.39. The van der Waals surface area contributed by atoms with Crippen molar-refractivity contribution in [2.75, 3.05) is 27.2 Å². The van der Waals surface area contributed by atoms with Gasteiger partial charge in [0.25, 0.3) is 0 Å². The van der Waals surface area contributed by atoms with E-state index in [1.54, 1.807) is 14.2 Å².